The fraction of sp³-hybridized carbons (Fsp3) is 0.542. The van der Waals surface area contributed by atoms with E-state index in [4.69, 9.17) is 0 Å². The monoisotopic (exact) mass is 417 g/mol. The van der Waals surface area contributed by atoms with Crippen LogP contribution in [0.2, 0.25) is 0 Å². The van der Waals surface area contributed by atoms with Crippen LogP contribution < -0.4 is 4.90 Å². The van der Waals surface area contributed by atoms with Gasteiger partial charge in [0, 0.05) is 30.3 Å². The summed E-state index contributed by atoms with van der Waals surface area (Å²) in [5.74, 6) is 0.0758. The number of carbonyl (C=O) groups excluding carboxylic acids is 1. The molecule has 6 nitrogen and oxygen atoms in total. The lowest BCUT2D eigenvalue weighted by Crippen LogP contribution is -2.40. The summed E-state index contributed by atoms with van der Waals surface area (Å²) < 4.78 is 0. The molecule has 0 saturated carbocycles. The molecule has 4 N–H and O–H groups in total. The Kier molecular flexibility index (Phi) is 8.38. The molecule has 0 radical (unpaired) electrons. The highest BCUT2D eigenvalue weighted by Gasteiger charge is 2.22. The fourth-order valence-corrected chi connectivity index (χ4v) is 3.79. The molecule has 0 saturated heterocycles. The lowest BCUT2D eigenvalue weighted by atomic mass is 9.82. The van der Waals surface area contributed by atoms with Gasteiger partial charge in [0.25, 0.3) is 0 Å². The minimum atomic E-state index is -0.962. The van der Waals surface area contributed by atoms with Crippen molar-refractivity contribution in [2.45, 2.75) is 46.3 Å². The minimum absolute atomic E-state index is 0.0582. The first-order valence-electron chi connectivity index (χ1n) is 10.4. The van der Waals surface area contributed by atoms with Crippen molar-refractivity contribution in [2.75, 3.05) is 31.2 Å². The number of aliphatic hydroxyl groups is 4. The summed E-state index contributed by atoms with van der Waals surface area (Å²) in [6, 6.07) is 11.3. The van der Waals surface area contributed by atoms with Crippen LogP contribution in [0.5, 0.6) is 0 Å². The molecular formula is C24H35NO5. The van der Waals surface area contributed by atoms with Crippen LogP contribution >= 0.6 is 0 Å². The van der Waals surface area contributed by atoms with E-state index in [1.54, 1.807) is 4.90 Å². The predicted molar refractivity (Wildman–Crippen MR) is 120 cm³/mol. The molecule has 0 fully saturated rings. The Morgan fingerprint density at radius 3 is 2.00 bits per heavy atom. The Labute approximate surface area is 178 Å². The molecule has 0 spiro atoms. The number of benzene rings is 2. The molecule has 2 rings (SSSR count). The van der Waals surface area contributed by atoms with Crippen LogP contribution in [0.25, 0.3) is 10.8 Å². The number of aliphatic hydroxyl groups excluding tert-OH is 4. The van der Waals surface area contributed by atoms with Gasteiger partial charge in [-0.1, -0.05) is 45.9 Å². The van der Waals surface area contributed by atoms with Gasteiger partial charge in [0.15, 0.2) is 5.78 Å². The molecule has 2 aromatic carbocycles. The maximum absolute atomic E-state index is 12.8. The van der Waals surface area contributed by atoms with Crippen molar-refractivity contribution >= 4 is 22.2 Å². The summed E-state index contributed by atoms with van der Waals surface area (Å²) in [6.07, 6.45) is -1.11. The molecule has 0 heterocycles. The molecule has 0 aliphatic heterocycles. The van der Waals surface area contributed by atoms with E-state index in [-0.39, 0.29) is 30.2 Å². The van der Waals surface area contributed by atoms with Gasteiger partial charge in [-0.05, 0) is 40.8 Å². The van der Waals surface area contributed by atoms with Gasteiger partial charge < -0.3 is 25.3 Å². The lowest BCUT2D eigenvalue weighted by Gasteiger charge is -2.28. The number of hydrogen-bond acceptors (Lipinski definition) is 6. The zero-order valence-corrected chi connectivity index (χ0v) is 18.4. The van der Waals surface area contributed by atoms with Crippen LogP contribution in [0.4, 0.5) is 5.69 Å². The van der Waals surface area contributed by atoms with Crippen LogP contribution in [0.3, 0.4) is 0 Å². The first-order chi connectivity index (χ1) is 14.0. The number of anilines is 1. The van der Waals surface area contributed by atoms with E-state index >= 15 is 0 Å². The second-order valence-corrected chi connectivity index (χ2v) is 9.35. The van der Waals surface area contributed by atoms with Crippen LogP contribution in [0.15, 0.2) is 36.4 Å². The van der Waals surface area contributed by atoms with Gasteiger partial charge in [0.1, 0.15) is 0 Å². The SMILES string of the molecule is CC(CC(C)(C)C)C(=O)c1ccc2cc(N(CC(O)CO)CC(O)CO)ccc2c1. The second-order valence-electron chi connectivity index (χ2n) is 9.35. The van der Waals surface area contributed by atoms with Crippen LogP contribution in [-0.2, 0) is 0 Å². The van der Waals surface area contributed by atoms with E-state index < -0.39 is 25.4 Å². The number of nitrogens with zero attached hydrogens (tertiary/aromatic N) is 1. The van der Waals surface area contributed by atoms with E-state index in [0.717, 1.165) is 22.9 Å². The van der Waals surface area contributed by atoms with Crippen molar-refractivity contribution in [3.05, 3.63) is 42.0 Å². The molecule has 30 heavy (non-hydrogen) atoms. The van der Waals surface area contributed by atoms with E-state index in [0.29, 0.717) is 5.56 Å². The summed E-state index contributed by atoms with van der Waals surface area (Å²) in [5.41, 5.74) is 1.53. The quantitative estimate of drug-likeness (QED) is 0.443. The summed E-state index contributed by atoms with van der Waals surface area (Å²) in [4.78, 5) is 14.6. The van der Waals surface area contributed by atoms with Crippen LogP contribution in [0.1, 0.15) is 44.5 Å². The Balaban J connectivity index is 2.29. The zero-order valence-electron chi connectivity index (χ0n) is 18.4. The van der Waals surface area contributed by atoms with Crippen molar-refractivity contribution in [3.8, 4) is 0 Å². The lowest BCUT2D eigenvalue weighted by molar-refractivity contribution is 0.0839. The highest BCUT2D eigenvalue weighted by molar-refractivity contribution is 6.01. The smallest absolute Gasteiger partial charge is 0.165 e. The zero-order chi connectivity index (χ0) is 22.5. The standard InChI is InChI=1S/C24H35NO5/c1-16(11-24(2,3)4)23(30)19-6-5-18-10-20(8-7-17(18)9-19)25(12-21(28)14-26)13-22(29)15-27/h5-10,16,21-22,26-29H,11-15H2,1-4H3. The molecule has 0 bridgehead atoms. The molecule has 6 heteroatoms. The average Bonchev–Trinajstić information content (AvgIpc) is 2.70. The van der Waals surface area contributed by atoms with Gasteiger partial charge >= 0.3 is 0 Å². The summed E-state index contributed by atoms with van der Waals surface area (Å²) in [6.45, 7) is 7.83. The van der Waals surface area contributed by atoms with Gasteiger partial charge in [-0.25, -0.2) is 0 Å². The summed E-state index contributed by atoms with van der Waals surface area (Å²) >= 11 is 0. The van der Waals surface area contributed by atoms with Gasteiger partial charge in [0.2, 0.25) is 0 Å². The first kappa shape index (κ1) is 24.3. The number of ketones is 1. The molecule has 0 aromatic heterocycles. The van der Waals surface area contributed by atoms with E-state index in [9.17, 15) is 25.2 Å². The number of carbonyl (C=O) groups is 1. The maximum atomic E-state index is 12.8. The normalized spacial score (nSPS) is 15.1. The molecule has 0 amide bonds. The first-order valence-corrected chi connectivity index (χ1v) is 10.4. The van der Waals surface area contributed by atoms with Crippen molar-refractivity contribution in [1.29, 1.82) is 0 Å². The molecule has 0 aliphatic rings. The van der Waals surface area contributed by atoms with Crippen molar-refractivity contribution in [3.63, 3.8) is 0 Å². The third-order valence-corrected chi connectivity index (χ3v) is 5.12. The third-order valence-electron chi connectivity index (χ3n) is 5.12. The Bertz CT molecular complexity index is 833. The number of Topliss-reactive ketones (excluding diaryl/α,β-unsaturated/α-hetero) is 1. The van der Waals surface area contributed by atoms with Gasteiger partial charge in [-0.15, -0.1) is 0 Å². The Morgan fingerprint density at radius 2 is 1.47 bits per heavy atom. The fourth-order valence-electron chi connectivity index (χ4n) is 3.79. The van der Waals surface area contributed by atoms with Crippen molar-refractivity contribution in [2.24, 2.45) is 11.3 Å². The molecule has 3 atom stereocenters. The van der Waals surface area contributed by atoms with Gasteiger partial charge in [-0.3, -0.25) is 4.79 Å². The second kappa shape index (κ2) is 10.4. The molecule has 2 aromatic rings. The largest absolute Gasteiger partial charge is 0.394 e. The van der Waals surface area contributed by atoms with Crippen molar-refractivity contribution < 1.29 is 25.2 Å². The Hall–Kier alpha value is -1.99. The summed E-state index contributed by atoms with van der Waals surface area (Å²) in [5, 5.41) is 39.9. The van der Waals surface area contributed by atoms with Gasteiger partial charge in [-0.2, -0.15) is 0 Å². The third kappa shape index (κ3) is 6.77. The molecular weight excluding hydrogens is 382 g/mol. The Morgan fingerprint density at radius 1 is 0.933 bits per heavy atom. The topological polar surface area (TPSA) is 101 Å². The number of hydrogen-bond donors (Lipinski definition) is 4. The van der Waals surface area contributed by atoms with Crippen LogP contribution in [-0.4, -0.2) is 64.7 Å². The maximum Gasteiger partial charge on any atom is 0.165 e. The predicted octanol–water partition coefficient (Wildman–Crippen LogP) is 2.61. The number of fused-ring (bicyclic) bond motifs is 1. The molecule has 0 aliphatic carbocycles. The van der Waals surface area contributed by atoms with E-state index in [1.165, 1.54) is 0 Å². The molecule has 166 valence electrons. The highest BCUT2D eigenvalue weighted by Crippen LogP contribution is 2.28. The number of rotatable bonds is 10. The summed E-state index contributed by atoms with van der Waals surface area (Å²) in [7, 11) is 0. The highest BCUT2D eigenvalue weighted by atomic mass is 16.3. The minimum Gasteiger partial charge on any atom is -0.394 e. The van der Waals surface area contributed by atoms with Gasteiger partial charge in [0.05, 0.1) is 25.4 Å². The van der Waals surface area contributed by atoms with Crippen LogP contribution in [0, 0.1) is 11.3 Å². The van der Waals surface area contributed by atoms with E-state index in [2.05, 4.69) is 20.8 Å². The van der Waals surface area contributed by atoms with Crippen molar-refractivity contribution in [1.82, 2.24) is 0 Å². The average molecular weight is 418 g/mol. The molecule has 3 unspecified atom stereocenters. The van der Waals surface area contributed by atoms with E-state index in [1.807, 2.05) is 43.3 Å².